The van der Waals surface area contributed by atoms with Gasteiger partial charge in [0.15, 0.2) is 0 Å². The molecule has 0 saturated heterocycles. The summed E-state index contributed by atoms with van der Waals surface area (Å²) in [5.74, 6) is 1.11. The van der Waals surface area contributed by atoms with Crippen LogP contribution in [0.3, 0.4) is 0 Å². The molecule has 0 unspecified atom stereocenters. The van der Waals surface area contributed by atoms with Crippen LogP contribution in [0.15, 0.2) is 36.4 Å². The Kier molecular flexibility index (Phi) is 9.50. The molecule has 2 fully saturated rings. The fourth-order valence-corrected chi connectivity index (χ4v) is 3.83. The lowest BCUT2D eigenvalue weighted by atomic mass is 10.1. The number of alkyl halides is 6. The van der Waals surface area contributed by atoms with Gasteiger partial charge in [0, 0.05) is 37.6 Å². The van der Waals surface area contributed by atoms with Crippen LogP contribution in [0.1, 0.15) is 54.4 Å². The zero-order valence-corrected chi connectivity index (χ0v) is 20.5. The summed E-state index contributed by atoms with van der Waals surface area (Å²) in [7, 11) is 0. The highest BCUT2D eigenvalue weighted by Gasteiger charge is 2.35. The maximum Gasteiger partial charge on any atom is 0.417 e. The normalized spacial score (nSPS) is 15.1. The van der Waals surface area contributed by atoms with Gasteiger partial charge < -0.3 is 15.3 Å². The third-order valence-corrected chi connectivity index (χ3v) is 6.29. The maximum absolute atomic E-state index is 13.0. The molecule has 2 aliphatic carbocycles. The Labute approximate surface area is 217 Å². The number of benzene rings is 2. The molecule has 0 amide bonds. The van der Waals surface area contributed by atoms with E-state index in [9.17, 15) is 26.3 Å². The van der Waals surface area contributed by atoms with E-state index in [4.69, 9.17) is 15.6 Å². The average Bonchev–Trinajstić information content (AvgIpc) is 3.80. The first-order valence-corrected chi connectivity index (χ1v) is 12.3. The quantitative estimate of drug-likeness (QED) is 0.353. The summed E-state index contributed by atoms with van der Waals surface area (Å²) < 4.78 is 76.9. The number of nitrogens with one attached hydrogen (secondary N) is 1. The second kappa shape index (κ2) is 12.4. The van der Waals surface area contributed by atoms with Crippen molar-refractivity contribution in [2.45, 2.75) is 44.5 Å². The van der Waals surface area contributed by atoms with Gasteiger partial charge in [0.25, 0.3) is 0 Å². The number of halogens is 6. The van der Waals surface area contributed by atoms with E-state index in [1.807, 2.05) is 4.90 Å². The molecule has 204 valence electrons. The molecule has 4 rings (SSSR count). The van der Waals surface area contributed by atoms with E-state index in [0.717, 1.165) is 37.8 Å². The van der Waals surface area contributed by atoms with Crippen LogP contribution in [0.2, 0.25) is 0 Å². The van der Waals surface area contributed by atoms with Crippen molar-refractivity contribution in [3.05, 3.63) is 58.7 Å². The van der Waals surface area contributed by atoms with Crippen molar-refractivity contribution >= 4 is 11.4 Å². The lowest BCUT2D eigenvalue weighted by Gasteiger charge is -2.25. The van der Waals surface area contributed by atoms with Crippen molar-refractivity contribution in [1.29, 1.82) is 10.5 Å². The van der Waals surface area contributed by atoms with Crippen LogP contribution in [0.5, 0.6) is 0 Å². The van der Waals surface area contributed by atoms with Gasteiger partial charge in [0.1, 0.15) is 0 Å². The number of aliphatic hydroxyl groups excluding tert-OH is 1. The van der Waals surface area contributed by atoms with E-state index >= 15 is 0 Å². The molecule has 0 heterocycles. The highest BCUT2D eigenvalue weighted by atomic mass is 19.4. The van der Waals surface area contributed by atoms with Crippen LogP contribution in [-0.4, -0.2) is 31.3 Å². The van der Waals surface area contributed by atoms with Crippen LogP contribution in [-0.2, 0) is 12.4 Å². The molecule has 0 aromatic heterocycles. The van der Waals surface area contributed by atoms with E-state index in [1.54, 1.807) is 18.2 Å². The number of hydrogen-bond donors (Lipinski definition) is 2. The largest absolute Gasteiger partial charge is 0.417 e. The zero-order chi connectivity index (χ0) is 27.9. The van der Waals surface area contributed by atoms with Crippen LogP contribution in [0.25, 0.3) is 0 Å². The zero-order valence-electron chi connectivity index (χ0n) is 20.5. The lowest BCUT2D eigenvalue weighted by molar-refractivity contribution is -0.138. The van der Waals surface area contributed by atoms with E-state index < -0.39 is 23.5 Å². The Morgan fingerprint density at radius 3 is 1.89 bits per heavy atom. The van der Waals surface area contributed by atoms with Gasteiger partial charge in [-0.3, -0.25) is 0 Å². The average molecular weight is 539 g/mol. The third kappa shape index (κ3) is 8.56. The van der Waals surface area contributed by atoms with Gasteiger partial charge in [-0.25, -0.2) is 0 Å². The Morgan fingerprint density at radius 1 is 0.842 bits per heavy atom. The Bertz CT molecular complexity index is 1170. The van der Waals surface area contributed by atoms with Gasteiger partial charge in [-0.2, -0.15) is 36.9 Å². The molecule has 0 spiro atoms. The van der Waals surface area contributed by atoms with Crippen LogP contribution >= 0.6 is 0 Å². The van der Waals surface area contributed by atoms with Crippen molar-refractivity contribution in [3.63, 3.8) is 0 Å². The molecule has 0 atom stereocenters. The fraction of sp³-hybridized carbons (Fsp3) is 0.481. The molecular formula is C27H28F6N4O. The standard InChI is InChI=1S/C15H17F3N2O.C12H11F3N2/c16-15(17,18)14-8-13(5-4-12(14)9-19)20(6-1-7-21)10-11-2-3-11;13-12(14,15)11-5-10(4-3-9(11)6-16)17-7-8-1-2-8/h4-5,8,11,21H,1-3,6-7,10H2;3-5,8,17H,1-2,7H2. The first kappa shape index (κ1) is 29.1. The van der Waals surface area contributed by atoms with Crippen molar-refractivity contribution in [1.82, 2.24) is 0 Å². The molecule has 2 aliphatic rings. The summed E-state index contributed by atoms with van der Waals surface area (Å²) in [6.07, 6.45) is -4.05. The molecule has 11 heteroatoms. The molecule has 0 radical (unpaired) electrons. The molecule has 2 saturated carbocycles. The molecule has 0 bridgehead atoms. The molecule has 2 aromatic rings. The van der Waals surface area contributed by atoms with Gasteiger partial charge >= 0.3 is 12.4 Å². The van der Waals surface area contributed by atoms with E-state index in [1.165, 1.54) is 18.2 Å². The molecular weight excluding hydrogens is 510 g/mol. The van der Waals surface area contributed by atoms with E-state index in [0.29, 0.717) is 49.3 Å². The van der Waals surface area contributed by atoms with Gasteiger partial charge in [0.05, 0.1) is 34.4 Å². The Morgan fingerprint density at radius 2 is 1.39 bits per heavy atom. The van der Waals surface area contributed by atoms with Crippen molar-refractivity contribution in [2.75, 3.05) is 36.5 Å². The first-order valence-electron chi connectivity index (χ1n) is 12.3. The maximum atomic E-state index is 13.0. The summed E-state index contributed by atoms with van der Waals surface area (Å²) >= 11 is 0. The van der Waals surface area contributed by atoms with Crippen LogP contribution in [0, 0.1) is 34.5 Å². The molecule has 38 heavy (non-hydrogen) atoms. The second-order valence-electron chi connectivity index (χ2n) is 9.50. The monoisotopic (exact) mass is 538 g/mol. The van der Waals surface area contributed by atoms with Gasteiger partial charge in [0.2, 0.25) is 0 Å². The molecule has 2 N–H and O–H groups in total. The summed E-state index contributed by atoms with van der Waals surface area (Å²) in [6.45, 7) is 1.91. The second-order valence-corrected chi connectivity index (χ2v) is 9.50. The predicted molar refractivity (Wildman–Crippen MR) is 130 cm³/mol. The first-order chi connectivity index (χ1) is 18.0. The van der Waals surface area contributed by atoms with Gasteiger partial charge in [-0.15, -0.1) is 0 Å². The number of aliphatic hydroxyl groups is 1. The number of anilines is 2. The summed E-state index contributed by atoms with van der Waals surface area (Å²) in [6, 6.07) is 10.7. The summed E-state index contributed by atoms with van der Waals surface area (Å²) in [4.78, 5) is 1.87. The number of nitriles is 2. The van der Waals surface area contributed by atoms with Gasteiger partial charge in [-0.05, 0) is 80.3 Å². The molecule has 0 aliphatic heterocycles. The molecule has 5 nitrogen and oxygen atoms in total. The number of hydrogen-bond acceptors (Lipinski definition) is 5. The van der Waals surface area contributed by atoms with Gasteiger partial charge in [-0.1, -0.05) is 0 Å². The minimum absolute atomic E-state index is 0.00355. The van der Waals surface area contributed by atoms with Crippen molar-refractivity contribution < 1.29 is 31.4 Å². The van der Waals surface area contributed by atoms with E-state index in [2.05, 4.69) is 5.32 Å². The van der Waals surface area contributed by atoms with Crippen LogP contribution in [0.4, 0.5) is 37.7 Å². The Hall–Kier alpha value is -3.44. The minimum atomic E-state index is -4.54. The fourth-order valence-electron chi connectivity index (χ4n) is 3.83. The summed E-state index contributed by atoms with van der Waals surface area (Å²) in [5, 5.41) is 29.3. The minimum Gasteiger partial charge on any atom is -0.396 e. The molecule has 2 aromatic carbocycles. The predicted octanol–water partition coefficient (Wildman–Crippen LogP) is 6.57. The summed E-state index contributed by atoms with van der Waals surface area (Å²) in [5.41, 5.74) is -1.59. The third-order valence-electron chi connectivity index (χ3n) is 6.29. The SMILES string of the molecule is N#Cc1ccc(N(CCCO)CC2CC2)cc1C(F)(F)F.N#Cc1ccc(NCC2CC2)cc1C(F)(F)F. The smallest absolute Gasteiger partial charge is 0.396 e. The van der Waals surface area contributed by atoms with E-state index in [-0.39, 0.29) is 17.7 Å². The number of rotatable bonds is 9. The topological polar surface area (TPSA) is 83.1 Å². The Balaban J connectivity index is 0.000000215. The highest BCUT2D eigenvalue weighted by molar-refractivity contribution is 5.55. The van der Waals surface area contributed by atoms with Crippen molar-refractivity contribution in [2.24, 2.45) is 11.8 Å². The highest BCUT2D eigenvalue weighted by Crippen LogP contribution is 2.37. The lowest BCUT2D eigenvalue weighted by Crippen LogP contribution is -2.28. The number of nitrogens with zero attached hydrogens (tertiary/aromatic N) is 3. The van der Waals surface area contributed by atoms with Crippen LogP contribution < -0.4 is 10.2 Å². The van der Waals surface area contributed by atoms with Crippen molar-refractivity contribution in [3.8, 4) is 12.1 Å².